The van der Waals surface area contributed by atoms with Gasteiger partial charge in [0.05, 0.1) is 17.6 Å². The lowest BCUT2D eigenvalue weighted by Crippen LogP contribution is -2.50. The van der Waals surface area contributed by atoms with E-state index in [1.54, 1.807) is 23.1 Å². The summed E-state index contributed by atoms with van der Waals surface area (Å²) in [5.74, 6) is -0.0347. The van der Waals surface area contributed by atoms with Crippen molar-refractivity contribution in [2.75, 3.05) is 33.3 Å². The summed E-state index contributed by atoms with van der Waals surface area (Å²) in [6.07, 6.45) is 0. The zero-order chi connectivity index (χ0) is 22.1. The second-order valence-corrected chi connectivity index (χ2v) is 10.3. The quantitative estimate of drug-likeness (QED) is 0.803. The number of benzene rings is 2. The number of phenols is 1. The first-order valence-electron chi connectivity index (χ1n) is 9.81. The molecular weight excluding hydrogens is 404 g/mol. The highest BCUT2D eigenvalue weighted by atomic mass is 32.2. The normalized spacial score (nSPS) is 15.8. The summed E-state index contributed by atoms with van der Waals surface area (Å²) >= 11 is 0. The van der Waals surface area contributed by atoms with E-state index in [0.717, 1.165) is 5.56 Å². The van der Waals surface area contributed by atoms with Gasteiger partial charge in [-0.05, 0) is 35.2 Å². The van der Waals surface area contributed by atoms with Crippen molar-refractivity contribution in [3.63, 3.8) is 0 Å². The number of hydrogen-bond donors (Lipinski definition) is 1. The van der Waals surface area contributed by atoms with E-state index < -0.39 is 10.0 Å². The Kier molecular flexibility index (Phi) is 6.10. The number of amides is 1. The summed E-state index contributed by atoms with van der Waals surface area (Å²) in [6.45, 7) is 7.14. The molecule has 2 aromatic rings. The molecule has 30 heavy (non-hydrogen) atoms. The maximum Gasteiger partial charge on any atom is 0.257 e. The van der Waals surface area contributed by atoms with Crippen LogP contribution in [0, 0.1) is 0 Å². The molecule has 0 atom stereocenters. The minimum atomic E-state index is -3.63. The standard InChI is InChI=1S/C22H28N2O5S/c1-22(2,3)16-5-8-18(9-6-16)30(27,28)24-13-11-23(12-14-24)21(26)19-10-7-17(29-4)15-20(19)25/h5-10,15,25H,11-14H2,1-4H3. The number of ether oxygens (including phenoxy) is 1. The minimum absolute atomic E-state index is 0.0543. The van der Waals surface area contributed by atoms with Crippen LogP contribution in [0.4, 0.5) is 0 Å². The molecule has 1 aliphatic heterocycles. The first-order chi connectivity index (χ1) is 14.0. The molecule has 1 fully saturated rings. The van der Waals surface area contributed by atoms with Crippen LogP contribution in [-0.2, 0) is 15.4 Å². The number of carbonyl (C=O) groups excluding carboxylic acids is 1. The van der Waals surface area contributed by atoms with Gasteiger partial charge in [0.1, 0.15) is 11.5 Å². The summed E-state index contributed by atoms with van der Waals surface area (Å²) in [6, 6.07) is 11.5. The van der Waals surface area contributed by atoms with Gasteiger partial charge in [-0.2, -0.15) is 4.31 Å². The van der Waals surface area contributed by atoms with Crippen molar-refractivity contribution in [2.45, 2.75) is 31.1 Å². The fourth-order valence-corrected chi connectivity index (χ4v) is 4.82. The van der Waals surface area contributed by atoms with Crippen molar-refractivity contribution < 1.29 is 23.1 Å². The van der Waals surface area contributed by atoms with Crippen LogP contribution in [0.5, 0.6) is 11.5 Å². The van der Waals surface area contributed by atoms with E-state index in [2.05, 4.69) is 20.8 Å². The first kappa shape index (κ1) is 22.1. The third kappa shape index (κ3) is 4.44. The molecule has 3 rings (SSSR count). The van der Waals surface area contributed by atoms with Crippen molar-refractivity contribution >= 4 is 15.9 Å². The molecule has 0 spiro atoms. The van der Waals surface area contributed by atoms with Crippen LogP contribution in [0.25, 0.3) is 0 Å². The van der Waals surface area contributed by atoms with Gasteiger partial charge in [-0.15, -0.1) is 0 Å². The fourth-order valence-electron chi connectivity index (χ4n) is 3.40. The molecule has 1 heterocycles. The van der Waals surface area contributed by atoms with E-state index in [1.165, 1.54) is 23.5 Å². The van der Waals surface area contributed by atoms with Gasteiger partial charge >= 0.3 is 0 Å². The van der Waals surface area contributed by atoms with E-state index >= 15 is 0 Å². The Bertz CT molecular complexity index is 1020. The Labute approximate surface area is 177 Å². The molecule has 1 saturated heterocycles. The maximum absolute atomic E-state index is 13.0. The highest BCUT2D eigenvalue weighted by Crippen LogP contribution is 2.27. The number of rotatable bonds is 4. The van der Waals surface area contributed by atoms with Crippen LogP contribution in [0.2, 0.25) is 0 Å². The van der Waals surface area contributed by atoms with Gasteiger partial charge in [0, 0.05) is 32.2 Å². The minimum Gasteiger partial charge on any atom is -0.507 e. The first-order valence-corrected chi connectivity index (χ1v) is 11.2. The molecular formula is C22H28N2O5S. The van der Waals surface area contributed by atoms with Gasteiger partial charge in [-0.1, -0.05) is 32.9 Å². The van der Waals surface area contributed by atoms with Gasteiger partial charge in [0.25, 0.3) is 5.91 Å². The Morgan fingerprint density at radius 1 is 1.00 bits per heavy atom. The van der Waals surface area contributed by atoms with Gasteiger partial charge in [0.15, 0.2) is 0 Å². The van der Waals surface area contributed by atoms with E-state index in [-0.39, 0.29) is 53.7 Å². The second kappa shape index (κ2) is 8.28. The summed E-state index contributed by atoms with van der Waals surface area (Å²) in [5, 5.41) is 10.1. The molecule has 0 radical (unpaired) electrons. The largest absolute Gasteiger partial charge is 0.507 e. The number of hydrogen-bond acceptors (Lipinski definition) is 5. The van der Waals surface area contributed by atoms with Gasteiger partial charge in [0.2, 0.25) is 10.0 Å². The average Bonchev–Trinajstić information content (AvgIpc) is 2.72. The van der Waals surface area contributed by atoms with Gasteiger partial charge < -0.3 is 14.7 Å². The van der Waals surface area contributed by atoms with E-state index in [9.17, 15) is 18.3 Å². The Morgan fingerprint density at radius 3 is 2.10 bits per heavy atom. The van der Waals surface area contributed by atoms with Crippen LogP contribution in [0.15, 0.2) is 47.4 Å². The lowest BCUT2D eigenvalue weighted by molar-refractivity contribution is 0.0695. The van der Waals surface area contributed by atoms with Crippen LogP contribution in [0.1, 0.15) is 36.7 Å². The molecule has 162 valence electrons. The topological polar surface area (TPSA) is 87.2 Å². The molecule has 0 bridgehead atoms. The lowest BCUT2D eigenvalue weighted by atomic mass is 9.87. The smallest absolute Gasteiger partial charge is 0.257 e. The van der Waals surface area contributed by atoms with Crippen molar-refractivity contribution in [1.29, 1.82) is 0 Å². The zero-order valence-electron chi connectivity index (χ0n) is 17.8. The highest BCUT2D eigenvalue weighted by Gasteiger charge is 2.31. The average molecular weight is 433 g/mol. The Hall–Kier alpha value is -2.58. The van der Waals surface area contributed by atoms with Crippen LogP contribution in [0.3, 0.4) is 0 Å². The summed E-state index contributed by atoms with van der Waals surface area (Å²) in [5.41, 5.74) is 1.18. The molecule has 1 N–H and O–H groups in total. The molecule has 7 nitrogen and oxygen atoms in total. The highest BCUT2D eigenvalue weighted by molar-refractivity contribution is 7.89. The number of methoxy groups -OCH3 is 1. The molecule has 0 unspecified atom stereocenters. The number of piperazine rings is 1. The number of aromatic hydroxyl groups is 1. The van der Waals surface area contributed by atoms with Crippen LogP contribution < -0.4 is 4.74 Å². The van der Waals surface area contributed by atoms with E-state index in [4.69, 9.17) is 4.74 Å². The van der Waals surface area contributed by atoms with E-state index in [0.29, 0.717) is 5.75 Å². The lowest BCUT2D eigenvalue weighted by Gasteiger charge is -2.34. The number of sulfonamides is 1. The second-order valence-electron chi connectivity index (χ2n) is 8.35. The van der Waals surface area contributed by atoms with Crippen molar-refractivity contribution in [3.05, 3.63) is 53.6 Å². The maximum atomic E-state index is 13.0. The monoisotopic (exact) mass is 432 g/mol. The molecule has 0 aliphatic carbocycles. The SMILES string of the molecule is COc1ccc(C(=O)N2CCN(S(=O)(=O)c3ccc(C(C)(C)C)cc3)CC2)c(O)c1. The van der Waals surface area contributed by atoms with Crippen molar-refractivity contribution in [3.8, 4) is 11.5 Å². The number of nitrogens with zero attached hydrogens (tertiary/aromatic N) is 2. The Morgan fingerprint density at radius 2 is 1.60 bits per heavy atom. The summed E-state index contributed by atoms with van der Waals surface area (Å²) in [4.78, 5) is 14.5. The summed E-state index contributed by atoms with van der Waals surface area (Å²) in [7, 11) is -2.15. The third-order valence-corrected chi connectivity index (χ3v) is 7.23. The predicted octanol–water partition coefficient (Wildman–Crippen LogP) is 2.85. The number of carbonyl (C=O) groups is 1. The molecule has 1 amide bonds. The fraction of sp³-hybridized carbons (Fsp3) is 0.409. The third-order valence-electron chi connectivity index (χ3n) is 5.32. The van der Waals surface area contributed by atoms with Crippen molar-refractivity contribution in [2.24, 2.45) is 0 Å². The summed E-state index contributed by atoms with van der Waals surface area (Å²) < 4.78 is 32.4. The molecule has 0 aromatic heterocycles. The molecule has 0 saturated carbocycles. The number of phenolic OH excluding ortho intramolecular Hbond substituents is 1. The molecule has 8 heteroatoms. The van der Waals surface area contributed by atoms with Gasteiger partial charge in [-0.25, -0.2) is 8.42 Å². The molecule has 2 aromatic carbocycles. The van der Waals surface area contributed by atoms with E-state index in [1.807, 2.05) is 12.1 Å². The Balaban J connectivity index is 1.69. The molecule has 1 aliphatic rings. The van der Waals surface area contributed by atoms with Crippen LogP contribution in [-0.4, -0.2) is 61.9 Å². The predicted molar refractivity (Wildman–Crippen MR) is 114 cm³/mol. The van der Waals surface area contributed by atoms with Crippen molar-refractivity contribution in [1.82, 2.24) is 9.21 Å². The van der Waals surface area contributed by atoms with Crippen LogP contribution >= 0.6 is 0 Å². The van der Waals surface area contributed by atoms with Gasteiger partial charge in [-0.3, -0.25) is 4.79 Å². The zero-order valence-corrected chi connectivity index (χ0v) is 18.6.